The summed E-state index contributed by atoms with van der Waals surface area (Å²) in [5.41, 5.74) is 5.62. The maximum atomic E-state index is 12.9. The summed E-state index contributed by atoms with van der Waals surface area (Å²) >= 11 is 0. The van der Waals surface area contributed by atoms with Crippen molar-refractivity contribution < 1.29 is 17.6 Å². The Labute approximate surface area is 137 Å². The topological polar surface area (TPSA) is 89.3 Å². The van der Waals surface area contributed by atoms with Gasteiger partial charge < -0.3 is 11.1 Å². The van der Waals surface area contributed by atoms with E-state index in [1.54, 1.807) is 0 Å². The second-order valence-electron chi connectivity index (χ2n) is 5.66. The number of nitrogens with two attached hydrogens (primary N) is 1. The zero-order valence-corrected chi connectivity index (χ0v) is 14.4. The molecule has 2 atom stereocenters. The summed E-state index contributed by atoms with van der Waals surface area (Å²) < 4.78 is 37.7. The molecule has 0 saturated heterocycles. The molecule has 0 saturated carbocycles. The molecule has 1 amide bonds. The molecule has 0 aliphatic carbocycles. The summed E-state index contributed by atoms with van der Waals surface area (Å²) in [4.78, 5) is 12.0. The normalized spacial score (nSPS) is 14.3. The zero-order chi connectivity index (χ0) is 17.5. The second kappa shape index (κ2) is 8.98. The molecule has 0 aliphatic rings. The van der Waals surface area contributed by atoms with E-state index < -0.39 is 20.9 Å². The van der Waals surface area contributed by atoms with Gasteiger partial charge in [-0.2, -0.15) is 0 Å². The summed E-state index contributed by atoms with van der Waals surface area (Å²) in [5, 5.41) is 1.89. The fraction of sp³-hybridized carbons (Fsp3) is 0.562. The lowest BCUT2D eigenvalue weighted by atomic mass is 10.1. The van der Waals surface area contributed by atoms with Crippen LogP contribution in [0.1, 0.15) is 39.5 Å². The number of hydrogen-bond donors (Lipinski definition) is 2. The minimum absolute atomic E-state index is 0.0144. The van der Waals surface area contributed by atoms with Crippen molar-refractivity contribution in [2.24, 2.45) is 5.73 Å². The van der Waals surface area contributed by atoms with Crippen LogP contribution in [0.5, 0.6) is 0 Å². The number of rotatable bonds is 9. The number of sulfone groups is 1. The van der Waals surface area contributed by atoms with Crippen LogP contribution in [-0.2, 0) is 14.6 Å². The van der Waals surface area contributed by atoms with Crippen LogP contribution < -0.4 is 11.1 Å². The van der Waals surface area contributed by atoms with Gasteiger partial charge in [0.05, 0.1) is 10.1 Å². The van der Waals surface area contributed by atoms with Crippen LogP contribution in [-0.4, -0.2) is 32.2 Å². The predicted molar refractivity (Wildman–Crippen MR) is 88.2 cm³/mol. The molecule has 0 aliphatic heterocycles. The van der Waals surface area contributed by atoms with Gasteiger partial charge in [-0.05, 0) is 37.6 Å². The van der Waals surface area contributed by atoms with Crippen molar-refractivity contribution in [1.29, 1.82) is 0 Å². The highest BCUT2D eigenvalue weighted by Gasteiger charge is 2.26. The van der Waals surface area contributed by atoms with E-state index >= 15 is 0 Å². The molecular formula is C16H25FN2O3S. The molecule has 0 spiro atoms. The first-order valence-corrected chi connectivity index (χ1v) is 9.34. The SMILES string of the molecule is CCCCC(CN)NC(=O)CC(C)S(=O)(=O)c1ccc(F)cc1. The third kappa shape index (κ3) is 5.91. The van der Waals surface area contributed by atoms with Crippen molar-refractivity contribution in [3.8, 4) is 0 Å². The van der Waals surface area contributed by atoms with Crippen molar-refractivity contribution in [3.63, 3.8) is 0 Å². The second-order valence-corrected chi connectivity index (χ2v) is 8.02. The lowest BCUT2D eigenvalue weighted by molar-refractivity contribution is -0.121. The van der Waals surface area contributed by atoms with E-state index in [-0.39, 0.29) is 23.3 Å². The summed E-state index contributed by atoms with van der Waals surface area (Å²) in [5.74, 6) is -0.842. The van der Waals surface area contributed by atoms with Gasteiger partial charge in [-0.25, -0.2) is 12.8 Å². The number of benzene rings is 1. The van der Waals surface area contributed by atoms with Gasteiger partial charge in [0.15, 0.2) is 9.84 Å². The molecular weight excluding hydrogens is 319 g/mol. The Hall–Kier alpha value is -1.47. The van der Waals surface area contributed by atoms with E-state index in [4.69, 9.17) is 5.73 Å². The van der Waals surface area contributed by atoms with Crippen LogP contribution in [0.15, 0.2) is 29.2 Å². The van der Waals surface area contributed by atoms with E-state index in [1.807, 2.05) is 6.92 Å². The monoisotopic (exact) mass is 344 g/mol. The molecule has 23 heavy (non-hydrogen) atoms. The molecule has 1 rings (SSSR count). The van der Waals surface area contributed by atoms with Gasteiger partial charge in [-0.1, -0.05) is 19.8 Å². The standard InChI is InChI=1S/C16H25FN2O3S/c1-3-4-5-14(11-18)19-16(20)10-12(2)23(21,22)15-8-6-13(17)7-9-15/h6-9,12,14H,3-5,10-11,18H2,1-2H3,(H,19,20). The molecule has 1 aromatic rings. The van der Waals surface area contributed by atoms with Crippen LogP contribution in [0.3, 0.4) is 0 Å². The minimum Gasteiger partial charge on any atom is -0.352 e. The summed E-state index contributed by atoms with van der Waals surface area (Å²) in [6.07, 6.45) is 2.58. The first-order valence-electron chi connectivity index (χ1n) is 7.80. The molecule has 0 radical (unpaired) electrons. The zero-order valence-electron chi connectivity index (χ0n) is 13.6. The molecule has 5 nitrogen and oxygen atoms in total. The van der Waals surface area contributed by atoms with E-state index in [2.05, 4.69) is 5.32 Å². The number of unbranched alkanes of at least 4 members (excludes halogenated alkanes) is 1. The molecule has 2 unspecified atom stereocenters. The van der Waals surface area contributed by atoms with Gasteiger partial charge in [0.2, 0.25) is 5.91 Å². The third-order valence-corrected chi connectivity index (χ3v) is 5.86. The molecule has 3 N–H and O–H groups in total. The van der Waals surface area contributed by atoms with Gasteiger partial charge in [0.1, 0.15) is 5.82 Å². The maximum absolute atomic E-state index is 12.9. The molecule has 0 aromatic heterocycles. The average molecular weight is 344 g/mol. The molecule has 0 heterocycles. The fourth-order valence-corrected chi connectivity index (χ4v) is 3.56. The van der Waals surface area contributed by atoms with Crippen molar-refractivity contribution >= 4 is 15.7 Å². The van der Waals surface area contributed by atoms with E-state index in [9.17, 15) is 17.6 Å². The van der Waals surface area contributed by atoms with E-state index in [0.717, 1.165) is 31.4 Å². The number of amides is 1. The Kier molecular flexibility index (Phi) is 7.64. The Morgan fingerprint density at radius 3 is 2.43 bits per heavy atom. The summed E-state index contributed by atoms with van der Waals surface area (Å²) in [7, 11) is -3.67. The number of hydrogen-bond acceptors (Lipinski definition) is 4. The molecule has 130 valence electrons. The Morgan fingerprint density at radius 1 is 1.30 bits per heavy atom. The highest BCUT2D eigenvalue weighted by molar-refractivity contribution is 7.92. The van der Waals surface area contributed by atoms with Gasteiger partial charge in [-0.3, -0.25) is 4.79 Å². The molecule has 7 heteroatoms. The van der Waals surface area contributed by atoms with E-state index in [1.165, 1.54) is 19.1 Å². The van der Waals surface area contributed by atoms with Crippen molar-refractivity contribution in [2.75, 3.05) is 6.54 Å². The van der Waals surface area contributed by atoms with Crippen molar-refractivity contribution in [3.05, 3.63) is 30.1 Å². The van der Waals surface area contributed by atoms with Crippen molar-refractivity contribution in [1.82, 2.24) is 5.32 Å². The smallest absolute Gasteiger partial charge is 0.221 e. The van der Waals surface area contributed by atoms with Crippen LogP contribution >= 0.6 is 0 Å². The van der Waals surface area contributed by atoms with Gasteiger partial charge in [-0.15, -0.1) is 0 Å². The maximum Gasteiger partial charge on any atom is 0.221 e. The van der Waals surface area contributed by atoms with Crippen LogP contribution in [0, 0.1) is 5.82 Å². The van der Waals surface area contributed by atoms with Gasteiger partial charge >= 0.3 is 0 Å². The van der Waals surface area contributed by atoms with Crippen LogP contribution in [0.2, 0.25) is 0 Å². The number of carbonyl (C=O) groups is 1. The summed E-state index contributed by atoms with van der Waals surface area (Å²) in [6, 6.07) is 4.47. The number of nitrogens with one attached hydrogen (secondary N) is 1. The first kappa shape index (κ1) is 19.6. The van der Waals surface area contributed by atoms with Crippen LogP contribution in [0.25, 0.3) is 0 Å². The Bertz CT molecular complexity index is 602. The third-order valence-electron chi connectivity index (χ3n) is 3.70. The molecule has 0 bridgehead atoms. The fourth-order valence-electron chi connectivity index (χ4n) is 2.21. The summed E-state index contributed by atoms with van der Waals surface area (Å²) in [6.45, 7) is 3.85. The largest absolute Gasteiger partial charge is 0.352 e. The quantitative estimate of drug-likeness (QED) is 0.671. The van der Waals surface area contributed by atoms with Gasteiger partial charge in [0.25, 0.3) is 0 Å². The highest BCUT2D eigenvalue weighted by Crippen LogP contribution is 2.18. The highest BCUT2D eigenvalue weighted by atomic mass is 32.2. The van der Waals surface area contributed by atoms with Gasteiger partial charge in [0, 0.05) is 19.0 Å². The lowest BCUT2D eigenvalue weighted by Gasteiger charge is -2.18. The molecule has 1 aromatic carbocycles. The van der Waals surface area contributed by atoms with Crippen molar-refractivity contribution in [2.45, 2.75) is 55.7 Å². The predicted octanol–water partition coefficient (Wildman–Crippen LogP) is 2.01. The lowest BCUT2D eigenvalue weighted by Crippen LogP contribution is -2.41. The molecule has 0 fully saturated rings. The van der Waals surface area contributed by atoms with Crippen LogP contribution in [0.4, 0.5) is 4.39 Å². The Balaban J connectivity index is 2.68. The minimum atomic E-state index is -3.67. The van der Waals surface area contributed by atoms with E-state index in [0.29, 0.717) is 6.54 Å². The number of carbonyl (C=O) groups excluding carboxylic acids is 1. The first-order chi connectivity index (χ1) is 10.8. The Morgan fingerprint density at radius 2 is 1.91 bits per heavy atom. The average Bonchev–Trinajstić information content (AvgIpc) is 2.51. The number of halogens is 1.